The number of amides is 1. The number of nitrogens with one attached hydrogen (secondary N) is 3. The van der Waals surface area contributed by atoms with E-state index in [1.54, 1.807) is 24.3 Å². The van der Waals surface area contributed by atoms with Gasteiger partial charge < -0.3 is 15.2 Å². The highest BCUT2D eigenvalue weighted by Gasteiger charge is 2.23. The van der Waals surface area contributed by atoms with E-state index in [1.807, 2.05) is 24.3 Å². The van der Waals surface area contributed by atoms with Gasteiger partial charge in [-0.2, -0.15) is 0 Å². The number of imidazole rings is 1. The molecule has 0 saturated carbocycles. The first-order valence-corrected chi connectivity index (χ1v) is 10.7. The van der Waals surface area contributed by atoms with Crippen LogP contribution in [0.3, 0.4) is 0 Å². The molecule has 3 N–H and O–H groups in total. The highest BCUT2D eigenvalue weighted by atomic mass is 19.1. The first kappa shape index (κ1) is 23.0. The van der Waals surface area contributed by atoms with Gasteiger partial charge in [-0.3, -0.25) is 10.2 Å². The fourth-order valence-corrected chi connectivity index (χ4v) is 3.67. The van der Waals surface area contributed by atoms with Crippen molar-refractivity contribution < 1.29 is 9.18 Å². The Bertz CT molecular complexity index is 1130. The first-order chi connectivity index (χ1) is 15.4. The van der Waals surface area contributed by atoms with Gasteiger partial charge in [0.1, 0.15) is 18.3 Å². The number of benzene rings is 2. The summed E-state index contributed by atoms with van der Waals surface area (Å²) in [4.78, 5) is 17.8. The number of fused-ring (bicyclic) bond motifs is 1. The van der Waals surface area contributed by atoms with Crippen molar-refractivity contribution in [3.63, 3.8) is 0 Å². The van der Waals surface area contributed by atoms with Crippen LogP contribution in [0.15, 0.2) is 48.5 Å². The highest BCUT2D eigenvalue weighted by Crippen LogP contribution is 2.27. The summed E-state index contributed by atoms with van der Waals surface area (Å²) < 4.78 is 14.7. The molecule has 0 aliphatic heterocycles. The second kappa shape index (κ2) is 10.6. The molecule has 0 bridgehead atoms. The third-order valence-corrected chi connectivity index (χ3v) is 5.21. The van der Waals surface area contributed by atoms with Crippen molar-refractivity contribution in [2.24, 2.45) is 0 Å². The molecular formula is C25H28FN5O. The summed E-state index contributed by atoms with van der Waals surface area (Å²) in [5, 5.41) is 13.3. The molecule has 0 spiro atoms. The molecule has 166 valence electrons. The van der Waals surface area contributed by atoms with Crippen molar-refractivity contribution in [3.05, 3.63) is 65.5 Å². The maximum absolute atomic E-state index is 13.0. The predicted octanol–water partition coefficient (Wildman–Crippen LogP) is 4.39. The normalized spacial score (nSPS) is 11.8. The maximum Gasteiger partial charge on any atom is 0.251 e. The van der Waals surface area contributed by atoms with Crippen LogP contribution in [0.1, 0.15) is 60.5 Å². The summed E-state index contributed by atoms with van der Waals surface area (Å²) in [6.45, 7) is 3.78. The SMILES string of the molecule is C#Cc1ccc(C(=O)N[C@@H](CCCNC(=N)CF)c2nc3ccccc3n2C(C)C)cc1. The minimum absolute atomic E-state index is 0.143. The number of carbonyl (C=O) groups excluding carboxylic acids is 1. The van der Waals surface area contributed by atoms with Gasteiger partial charge in [-0.05, 0) is 63.1 Å². The standard InChI is InChI=1S/C25H28FN5O/c1-4-18-11-13-19(14-12-18)25(32)30-21(9-7-15-28-23(27)16-26)24-29-20-8-5-6-10-22(20)31(24)17(2)3/h1,5-6,8,10-14,17,21H,7,9,15-16H2,2-3H3,(H2,27,28)(H,30,32)/t21-/m0/s1. The van der Waals surface area contributed by atoms with E-state index in [4.69, 9.17) is 16.8 Å². The Morgan fingerprint density at radius 3 is 2.59 bits per heavy atom. The molecule has 3 aromatic rings. The van der Waals surface area contributed by atoms with Gasteiger partial charge in [0.2, 0.25) is 0 Å². The van der Waals surface area contributed by atoms with Crippen LogP contribution >= 0.6 is 0 Å². The molecule has 7 heteroatoms. The molecule has 1 atom stereocenters. The zero-order chi connectivity index (χ0) is 23.1. The lowest BCUT2D eigenvalue weighted by Gasteiger charge is -2.22. The lowest BCUT2D eigenvalue weighted by Crippen LogP contribution is -2.32. The van der Waals surface area contributed by atoms with Gasteiger partial charge in [0.15, 0.2) is 0 Å². The van der Waals surface area contributed by atoms with Crippen LogP contribution in [0.2, 0.25) is 0 Å². The van der Waals surface area contributed by atoms with Crippen LogP contribution in [0.4, 0.5) is 4.39 Å². The monoisotopic (exact) mass is 433 g/mol. The number of para-hydroxylation sites is 2. The van der Waals surface area contributed by atoms with Gasteiger partial charge in [-0.15, -0.1) is 6.42 Å². The molecule has 2 aromatic carbocycles. The minimum Gasteiger partial charge on any atom is -0.372 e. The van der Waals surface area contributed by atoms with Crippen LogP contribution in [-0.4, -0.2) is 34.5 Å². The lowest BCUT2D eigenvalue weighted by molar-refractivity contribution is 0.0931. The topological polar surface area (TPSA) is 82.8 Å². The maximum atomic E-state index is 13.0. The number of hydrogen-bond acceptors (Lipinski definition) is 3. The zero-order valence-corrected chi connectivity index (χ0v) is 18.4. The molecule has 0 saturated heterocycles. The highest BCUT2D eigenvalue weighted by molar-refractivity contribution is 5.94. The van der Waals surface area contributed by atoms with Gasteiger partial charge in [-0.25, -0.2) is 9.37 Å². The Morgan fingerprint density at radius 1 is 1.22 bits per heavy atom. The molecule has 1 heterocycles. The van der Waals surface area contributed by atoms with E-state index in [1.165, 1.54) is 0 Å². The Hall–Kier alpha value is -3.66. The quantitative estimate of drug-likeness (QED) is 0.203. The molecule has 1 aromatic heterocycles. The number of aromatic nitrogens is 2. The first-order valence-electron chi connectivity index (χ1n) is 10.7. The van der Waals surface area contributed by atoms with Crippen LogP contribution in [0.5, 0.6) is 0 Å². The molecule has 1 amide bonds. The number of terminal acetylenes is 1. The van der Waals surface area contributed by atoms with E-state index in [0.717, 1.165) is 16.9 Å². The van der Waals surface area contributed by atoms with E-state index in [9.17, 15) is 9.18 Å². The average Bonchev–Trinajstić information content (AvgIpc) is 3.20. The van der Waals surface area contributed by atoms with Crippen LogP contribution in [0, 0.1) is 17.8 Å². The fourth-order valence-electron chi connectivity index (χ4n) is 3.67. The van der Waals surface area contributed by atoms with Crippen LogP contribution in [-0.2, 0) is 0 Å². The van der Waals surface area contributed by atoms with Crippen molar-refractivity contribution >= 4 is 22.8 Å². The molecule has 0 radical (unpaired) electrons. The second-order valence-corrected chi connectivity index (χ2v) is 7.85. The number of alkyl halides is 1. The van der Waals surface area contributed by atoms with E-state index in [0.29, 0.717) is 30.5 Å². The van der Waals surface area contributed by atoms with Crippen molar-refractivity contribution in [2.45, 2.75) is 38.8 Å². The average molecular weight is 434 g/mol. The van der Waals surface area contributed by atoms with E-state index in [2.05, 4.69) is 35.0 Å². The molecule has 0 aliphatic rings. The molecule has 3 rings (SSSR count). The number of halogens is 1. The van der Waals surface area contributed by atoms with Crippen molar-refractivity contribution in [1.29, 1.82) is 5.41 Å². The fraction of sp³-hybridized carbons (Fsp3) is 0.320. The second-order valence-electron chi connectivity index (χ2n) is 7.85. The number of amidine groups is 1. The Morgan fingerprint density at radius 2 is 1.94 bits per heavy atom. The smallest absolute Gasteiger partial charge is 0.251 e. The summed E-state index contributed by atoms with van der Waals surface area (Å²) in [5.74, 6) is 2.96. The molecule has 0 aliphatic carbocycles. The molecular weight excluding hydrogens is 405 g/mol. The van der Waals surface area contributed by atoms with Crippen LogP contribution in [0.25, 0.3) is 11.0 Å². The minimum atomic E-state index is -0.822. The van der Waals surface area contributed by atoms with E-state index < -0.39 is 6.67 Å². The third-order valence-electron chi connectivity index (χ3n) is 5.21. The van der Waals surface area contributed by atoms with Gasteiger partial charge >= 0.3 is 0 Å². The van der Waals surface area contributed by atoms with Crippen molar-refractivity contribution in [3.8, 4) is 12.3 Å². The number of rotatable bonds is 9. The number of hydrogen-bond donors (Lipinski definition) is 3. The largest absolute Gasteiger partial charge is 0.372 e. The Labute approximate surface area is 187 Å². The molecule has 32 heavy (non-hydrogen) atoms. The third kappa shape index (κ3) is 5.33. The summed E-state index contributed by atoms with van der Waals surface area (Å²) in [7, 11) is 0. The summed E-state index contributed by atoms with van der Waals surface area (Å²) >= 11 is 0. The Kier molecular flexibility index (Phi) is 7.61. The van der Waals surface area contributed by atoms with E-state index >= 15 is 0 Å². The van der Waals surface area contributed by atoms with Gasteiger partial charge in [0.05, 0.1) is 17.1 Å². The molecule has 0 fully saturated rings. The summed E-state index contributed by atoms with van der Waals surface area (Å²) in [6, 6.07) is 14.6. The Balaban J connectivity index is 1.89. The zero-order valence-electron chi connectivity index (χ0n) is 18.4. The molecule has 0 unspecified atom stereocenters. The van der Waals surface area contributed by atoms with E-state index in [-0.39, 0.29) is 23.8 Å². The number of carbonyl (C=O) groups is 1. The van der Waals surface area contributed by atoms with Gasteiger partial charge in [-0.1, -0.05) is 18.1 Å². The number of nitrogens with zero attached hydrogens (tertiary/aromatic N) is 2. The summed E-state index contributed by atoms with van der Waals surface area (Å²) in [5.41, 5.74) is 3.10. The van der Waals surface area contributed by atoms with Gasteiger partial charge in [0, 0.05) is 23.7 Å². The van der Waals surface area contributed by atoms with Crippen LogP contribution < -0.4 is 10.6 Å². The predicted molar refractivity (Wildman–Crippen MR) is 126 cm³/mol. The van der Waals surface area contributed by atoms with Crippen molar-refractivity contribution in [1.82, 2.24) is 20.2 Å². The molecule has 6 nitrogen and oxygen atoms in total. The summed E-state index contributed by atoms with van der Waals surface area (Å²) in [6.07, 6.45) is 6.62. The lowest BCUT2D eigenvalue weighted by atomic mass is 10.1. The van der Waals surface area contributed by atoms with Crippen molar-refractivity contribution in [2.75, 3.05) is 13.2 Å². The van der Waals surface area contributed by atoms with Gasteiger partial charge in [0.25, 0.3) is 5.91 Å².